The number of aliphatic hydroxyl groups excluding tert-OH is 1. The van der Waals surface area contributed by atoms with E-state index in [0.717, 1.165) is 19.3 Å². The average Bonchev–Trinajstić information content (AvgIpc) is 2.42. The van der Waals surface area contributed by atoms with Crippen molar-refractivity contribution in [1.82, 2.24) is 0 Å². The van der Waals surface area contributed by atoms with E-state index in [1.54, 1.807) is 0 Å². The van der Waals surface area contributed by atoms with Crippen LogP contribution >= 0.6 is 0 Å². The lowest BCUT2D eigenvalue weighted by Gasteiger charge is -2.04. The molecule has 0 amide bonds. The minimum absolute atomic E-state index is 0.0825. The van der Waals surface area contributed by atoms with Crippen molar-refractivity contribution in [3.8, 4) is 0 Å². The van der Waals surface area contributed by atoms with Crippen LogP contribution in [-0.4, -0.2) is 24.3 Å². The molecule has 3 nitrogen and oxygen atoms in total. The fraction of sp³-hybridized carbons (Fsp3) is 0.938. The number of aliphatic hydroxyl groups is 1. The molecule has 0 aromatic heterocycles. The molecular weight excluding hydrogens is 240 g/mol. The monoisotopic (exact) mass is 272 g/mol. The van der Waals surface area contributed by atoms with Crippen molar-refractivity contribution in [2.75, 3.05) is 13.2 Å². The van der Waals surface area contributed by atoms with Crippen LogP contribution in [0.1, 0.15) is 84.0 Å². The zero-order chi connectivity index (χ0) is 14.2. The maximum atomic E-state index is 11.3. The lowest BCUT2D eigenvalue weighted by molar-refractivity contribution is -0.143. The molecule has 0 fully saturated rings. The predicted octanol–water partition coefficient (Wildman–Crippen LogP) is 4.22. The summed E-state index contributed by atoms with van der Waals surface area (Å²) < 4.78 is 5.07. The van der Waals surface area contributed by atoms with Crippen molar-refractivity contribution in [1.29, 1.82) is 0 Å². The van der Waals surface area contributed by atoms with Gasteiger partial charge < -0.3 is 9.84 Å². The van der Waals surface area contributed by atoms with Crippen LogP contribution in [0.5, 0.6) is 0 Å². The third-order valence-corrected chi connectivity index (χ3v) is 3.30. The second-order valence-corrected chi connectivity index (χ2v) is 5.23. The summed E-state index contributed by atoms with van der Waals surface area (Å²) in [4.78, 5) is 11.3. The summed E-state index contributed by atoms with van der Waals surface area (Å²) in [5.41, 5.74) is 0. The molecule has 0 aliphatic carbocycles. The zero-order valence-electron chi connectivity index (χ0n) is 12.7. The molecule has 0 rings (SSSR count). The van der Waals surface area contributed by atoms with Gasteiger partial charge in [-0.1, -0.05) is 58.3 Å². The van der Waals surface area contributed by atoms with Gasteiger partial charge in [-0.3, -0.25) is 4.79 Å². The first-order valence-electron chi connectivity index (χ1n) is 8.07. The first-order chi connectivity index (χ1) is 9.31. The Morgan fingerprint density at radius 2 is 1.42 bits per heavy atom. The fourth-order valence-corrected chi connectivity index (χ4v) is 2.05. The third-order valence-electron chi connectivity index (χ3n) is 3.30. The molecule has 0 radical (unpaired) electrons. The largest absolute Gasteiger partial charge is 0.466 e. The van der Waals surface area contributed by atoms with Crippen molar-refractivity contribution in [3.05, 3.63) is 0 Å². The number of hydrogen-bond acceptors (Lipinski definition) is 3. The summed E-state index contributed by atoms with van der Waals surface area (Å²) in [7, 11) is 0. The Kier molecular flexibility index (Phi) is 15.0. The summed E-state index contributed by atoms with van der Waals surface area (Å²) in [6, 6.07) is 0. The highest BCUT2D eigenvalue weighted by molar-refractivity contribution is 5.69. The molecule has 1 N–H and O–H groups in total. The molecule has 0 aliphatic rings. The topological polar surface area (TPSA) is 46.5 Å². The summed E-state index contributed by atoms with van der Waals surface area (Å²) in [6.07, 6.45) is 13.4. The van der Waals surface area contributed by atoms with Gasteiger partial charge in [0.25, 0.3) is 0 Å². The summed E-state index contributed by atoms with van der Waals surface area (Å²) in [6.45, 7) is 2.87. The highest BCUT2D eigenvalue weighted by Gasteiger charge is 2.02. The van der Waals surface area contributed by atoms with Crippen LogP contribution in [0, 0.1) is 0 Å². The van der Waals surface area contributed by atoms with Gasteiger partial charge in [0.05, 0.1) is 6.61 Å². The number of carbonyl (C=O) groups excluding carboxylic acids is 1. The van der Waals surface area contributed by atoms with E-state index in [0.29, 0.717) is 19.4 Å². The van der Waals surface area contributed by atoms with Crippen molar-refractivity contribution in [2.45, 2.75) is 84.0 Å². The summed E-state index contributed by atoms with van der Waals surface area (Å²) in [5.74, 6) is -0.0825. The van der Waals surface area contributed by atoms with E-state index < -0.39 is 0 Å². The Hall–Kier alpha value is -0.570. The molecule has 0 spiro atoms. The van der Waals surface area contributed by atoms with Gasteiger partial charge in [-0.05, 0) is 19.3 Å². The van der Waals surface area contributed by atoms with Crippen LogP contribution in [0.3, 0.4) is 0 Å². The molecule has 19 heavy (non-hydrogen) atoms. The molecule has 114 valence electrons. The van der Waals surface area contributed by atoms with Crippen LogP contribution < -0.4 is 0 Å². The number of rotatable bonds is 14. The zero-order valence-corrected chi connectivity index (χ0v) is 12.7. The smallest absolute Gasteiger partial charge is 0.305 e. The normalized spacial score (nSPS) is 10.6. The fourth-order valence-electron chi connectivity index (χ4n) is 2.05. The number of hydrogen-bond donors (Lipinski definition) is 1. The number of carbonyl (C=O) groups is 1. The van der Waals surface area contributed by atoms with Gasteiger partial charge in [-0.15, -0.1) is 0 Å². The van der Waals surface area contributed by atoms with Crippen LogP contribution in [0.4, 0.5) is 0 Å². The minimum atomic E-state index is -0.0825. The Labute approximate surface area is 118 Å². The number of esters is 1. The summed E-state index contributed by atoms with van der Waals surface area (Å²) >= 11 is 0. The standard InChI is InChI=1S/C16H32O3/c1-2-3-4-5-6-7-8-9-10-13-16(18)19-15-12-11-14-17/h17H,2-15H2,1H3. The molecule has 0 heterocycles. The van der Waals surface area contributed by atoms with E-state index in [2.05, 4.69) is 6.92 Å². The van der Waals surface area contributed by atoms with Crippen LogP contribution in [-0.2, 0) is 9.53 Å². The summed E-state index contributed by atoms with van der Waals surface area (Å²) in [5, 5.41) is 8.58. The lowest BCUT2D eigenvalue weighted by atomic mass is 10.1. The van der Waals surface area contributed by atoms with Crippen molar-refractivity contribution in [3.63, 3.8) is 0 Å². The number of unbranched alkanes of at least 4 members (excludes halogenated alkanes) is 9. The molecule has 0 aromatic carbocycles. The second-order valence-electron chi connectivity index (χ2n) is 5.23. The van der Waals surface area contributed by atoms with Gasteiger partial charge in [0.2, 0.25) is 0 Å². The quantitative estimate of drug-likeness (QED) is 0.380. The van der Waals surface area contributed by atoms with Gasteiger partial charge in [0.1, 0.15) is 0 Å². The Balaban J connectivity index is 3.10. The van der Waals surface area contributed by atoms with E-state index in [9.17, 15) is 4.79 Å². The van der Waals surface area contributed by atoms with E-state index in [1.807, 2.05) is 0 Å². The SMILES string of the molecule is CCCCCCCCCCCC(=O)OCCCCO. The van der Waals surface area contributed by atoms with E-state index in [4.69, 9.17) is 9.84 Å². The van der Waals surface area contributed by atoms with Gasteiger partial charge >= 0.3 is 5.97 Å². The lowest BCUT2D eigenvalue weighted by Crippen LogP contribution is -2.06. The predicted molar refractivity (Wildman–Crippen MR) is 79.1 cm³/mol. The Bertz CT molecular complexity index is 192. The molecule has 0 atom stereocenters. The molecule has 3 heteroatoms. The number of ether oxygens (including phenoxy) is 1. The maximum Gasteiger partial charge on any atom is 0.305 e. The van der Waals surface area contributed by atoms with Crippen LogP contribution in [0.2, 0.25) is 0 Å². The second kappa shape index (κ2) is 15.5. The first kappa shape index (κ1) is 18.4. The highest BCUT2D eigenvalue weighted by Crippen LogP contribution is 2.10. The maximum absolute atomic E-state index is 11.3. The van der Waals surface area contributed by atoms with Gasteiger partial charge in [-0.2, -0.15) is 0 Å². The third kappa shape index (κ3) is 15.4. The molecule has 0 saturated heterocycles. The molecule has 0 aliphatic heterocycles. The van der Waals surface area contributed by atoms with Crippen molar-refractivity contribution in [2.24, 2.45) is 0 Å². The van der Waals surface area contributed by atoms with Gasteiger partial charge in [0, 0.05) is 13.0 Å². The van der Waals surface area contributed by atoms with E-state index in [-0.39, 0.29) is 12.6 Å². The highest BCUT2D eigenvalue weighted by atomic mass is 16.5. The average molecular weight is 272 g/mol. The first-order valence-corrected chi connectivity index (χ1v) is 8.07. The van der Waals surface area contributed by atoms with Crippen LogP contribution in [0.25, 0.3) is 0 Å². The van der Waals surface area contributed by atoms with Gasteiger partial charge in [-0.25, -0.2) is 0 Å². The van der Waals surface area contributed by atoms with Crippen molar-refractivity contribution >= 4 is 5.97 Å². The molecule has 0 unspecified atom stereocenters. The van der Waals surface area contributed by atoms with E-state index in [1.165, 1.54) is 44.9 Å². The Morgan fingerprint density at radius 3 is 2.00 bits per heavy atom. The van der Waals surface area contributed by atoms with Gasteiger partial charge in [0.15, 0.2) is 0 Å². The molecular formula is C16H32O3. The minimum Gasteiger partial charge on any atom is -0.466 e. The van der Waals surface area contributed by atoms with Crippen LogP contribution in [0.15, 0.2) is 0 Å². The van der Waals surface area contributed by atoms with Crippen molar-refractivity contribution < 1.29 is 14.6 Å². The van der Waals surface area contributed by atoms with E-state index >= 15 is 0 Å². The molecule has 0 aromatic rings. The molecule has 0 saturated carbocycles. The Morgan fingerprint density at radius 1 is 0.842 bits per heavy atom. The molecule has 0 bridgehead atoms.